The van der Waals surface area contributed by atoms with Gasteiger partial charge in [0.05, 0.1) is 6.04 Å². The number of aryl methyl sites for hydroxylation is 2. The average molecular weight is 321 g/mol. The van der Waals surface area contributed by atoms with Crippen molar-refractivity contribution >= 4 is 15.9 Å². The standard InChI is InChI=1S/C14H17BrN4/c1-9-3-12(4-10(2)18-9)14(19-16)6-11-5-13(15)8-17-7-11/h3-5,7-8,14,19H,6,16H2,1-2H3. The molecule has 19 heavy (non-hydrogen) atoms. The zero-order valence-electron chi connectivity index (χ0n) is 11.0. The molecule has 3 N–H and O–H groups in total. The zero-order valence-corrected chi connectivity index (χ0v) is 12.6. The number of nitrogens with zero attached hydrogens (tertiary/aromatic N) is 2. The number of pyridine rings is 2. The summed E-state index contributed by atoms with van der Waals surface area (Å²) in [5, 5.41) is 0. The van der Waals surface area contributed by atoms with Crippen molar-refractivity contribution in [3.05, 3.63) is 57.6 Å². The van der Waals surface area contributed by atoms with Crippen LogP contribution < -0.4 is 11.3 Å². The highest BCUT2D eigenvalue weighted by Crippen LogP contribution is 2.20. The normalized spacial score (nSPS) is 12.4. The van der Waals surface area contributed by atoms with Gasteiger partial charge in [-0.15, -0.1) is 0 Å². The second kappa shape index (κ2) is 6.23. The SMILES string of the molecule is Cc1cc(C(Cc2cncc(Br)c2)NN)cc(C)n1. The quantitative estimate of drug-likeness (QED) is 0.671. The van der Waals surface area contributed by atoms with Gasteiger partial charge in [-0.2, -0.15) is 0 Å². The van der Waals surface area contributed by atoms with Gasteiger partial charge >= 0.3 is 0 Å². The maximum Gasteiger partial charge on any atom is 0.0502 e. The molecule has 5 heteroatoms. The third-order valence-electron chi connectivity index (χ3n) is 2.91. The van der Waals surface area contributed by atoms with E-state index < -0.39 is 0 Å². The van der Waals surface area contributed by atoms with Crippen LogP contribution in [0.3, 0.4) is 0 Å². The predicted molar refractivity (Wildman–Crippen MR) is 79.4 cm³/mol. The van der Waals surface area contributed by atoms with E-state index in [2.05, 4.69) is 49.5 Å². The molecule has 0 aromatic carbocycles. The van der Waals surface area contributed by atoms with Crippen LogP contribution in [0.4, 0.5) is 0 Å². The molecule has 0 amide bonds. The molecule has 0 aliphatic rings. The summed E-state index contributed by atoms with van der Waals surface area (Å²) in [6.45, 7) is 3.98. The van der Waals surface area contributed by atoms with E-state index in [-0.39, 0.29) is 6.04 Å². The zero-order chi connectivity index (χ0) is 13.8. The third-order valence-corrected chi connectivity index (χ3v) is 3.34. The Morgan fingerprint density at radius 1 is 1.21 bits per heavy atom. The first-order chi connectivity index (χ1) is 9.08. The number of halogens is 1. The summed E-state index contributed by atoms with van der Waals surface area (Å²) in [6, 6.07) is 6.22. The second-order valence-electron chi connectivity index (χ2n) is 4.62. The van der Waals surface area contributed by atoms with Crippen molar-refractivity contribution in [3.8, 4) is 0 Å². The van der Waals surface area contributed by atoms with Crippen LogP contribution in [0.1, 0.15) is 28.6 Å². The monoisotopic (exact) mass is 320 g/mol. The van der Waals surface area contributed by atoms with Crippen molar-refractivity contribution in [2.45, 2.75) is 26.3 Å². The van der Waals surface area contributed by atoms with Crippen molar-refractivity contribution in [1.29, 1.82) is 0 Å². The van der Waals surface area contributed by atoms with Crippen LogP contribution in [-0.4, -0.2) is 9.97 Å². The van der Waals surface area contributed by atoms with E-state index in [4.69, 9.17) is 5.84 Å². The van der Waals surface area contributed by atoms with E-state index in [9.17, 15) is 0 Å². The minimum Gasteiger partial charge on any atom is -0.271 e. The summed E-state index contributed by atoms with van der Waals surface area (Å²) in [5.74, 6) is 5.69. The maximum absolute atomic E-state index is 5.69. The average Bonchev–Trinajstić information content (AvgIpc) is 2.34. The molecule has 2 aromatic heterocycles. The molecule has 4 nitrogen and oxygen atoms in total. The summed E-state index contributed by atoms with van der Waals surface area (Å²) in [4.78, 5) is 8.56. The molecule has 2 heterocycles. The minimum absolute atomic E-state index is 0.0523. The number of nitrogens with one attached hydrogen (secondary N) is 1. The van der Waals surface area contributed by atoms with Crippen LogP contribution >= 0.6 is 15.9 Å². The molecule has 1 unspecified atom stereocenters. The fourth-order valence-electron chi connectivity index (χ4n) is 2.14. The van der Waals surface area contributed by atoms with Gasteiger partial charge in [0.15, 0.2) is 0 Å². The van der Waals surface area contributed by atoms with Gasteiger partial charge in [-0.05, 0) is 65.5 Å². The van der Waals surface area contributed by atoms with Crippen LogP contribution in [0.2, 0.25) is 0 Å². The lowest BCUT2D eigenvalue weighted by Crippen LogP contribution is -2.29. The van der Waals surface area contributed by atoms with Crippen molar-refractivity contribution in [1.82, 2.24) is 15.4 Å². The molecule has 0 bridgehead atoms. The molecular weight excluding hydrogens is 304 g/mol. The third kappa shape index (κ3) is 3.83. The van der Waals surface area contributed by atoms with E-state index in [0.717, 1.165) is 33.4 Å². The van der Waals surface area contributed by atoms with Gasteiger partial charge in [0.1, 0.15) is 0 Å². The Bertz CT molecular complexity index is 551. The van der Waals surface area contributed by atoms with Crippen LogP contribution in [0.5, 0.6) is 0 Å². The van der Waals surface area contributed by atoms with Gasteiger partial charge in [-0.25, -0.2) is 0 Å². The Morgan fingerprint density at radius 2 is 1.89 bits per heavy atom. The highest BCUT2D eigenvalue weighted by atomic mass is 79.9. The highest BCUT2D eigenvalue weighted by Gasteiger charge is 2.12. The topological polar surface area (TPSA) is 63.8 Å². The van der Waals surface area contributed by atoms with E-state index in [1.54, 1.807) is 6.20 Å². The van der Waals surface area contributed by atoms with Crippen LogP contribution in [0.15, 0.2) is 35.1 Å². The lowest BCUT2D eigenvalue weighted by Gasteiger charge is -2.17. The Morgan fingerprint density at radius 3 is 2.47 bits per heavy atom. The summed E-state index contributed by atoms with van der Waals surface area (Å²) >= 11 is 3.43. The Kier molecular flexibility index (Phi) is 4.63. The van der Waals surface area contributed by atoms with Gasteiger partial charge in [0, 0.05) is 28.3 Å². The summed E-state index contributed by atoms with van der Waals surface area (Å²) in [6.07, 6.45) is 4.41. The minimum atomic E-state index is 0.0523. The molecule has 0 aliphatic carbocycles. The molecule has 100 valence electrons. The summed E-state index contributed by atoms with van der Waals surface area (Å²) < 4.78 is 0.975. The van der Waals surface area contributed by atoms with Crippen molar-refractivity contribution in [2.24, 2.45) is 5.84 Å². The smallest absolute Gasteiger partial charge is 0.0502 e. The Balaban J connectivity index is 2.24. The molecule has 2 aromatic rings. The van der Waals surface area contributed by atoms with E-state index in [1.165, 1.54) is 0 Å². The van der Waals surface area contributed by atoms with Gasteiger partial charge in [0.2, 0.25) is 0 Å². The second-order valence-corrected chi connectivity index (χ2v) is 5.53. The highest BCUT2D eigenvalue weighted by molar-refractivity contribution is 9.10. The molecule has 0 spiro atoms. The largest absolute Gasteiger partial charge is 0.271 e. The summed E-state index contributed by atoms with van der Waals surface area (Å²) in [5.41, 5.74) is 7.15. The van der Waals surface area contributed by atoms with Gasteiger partial charge < -0.3 is 0 Å². The first kappa shape index (κ1) is 14.1. The predicted octanol–water partition coefficient (Wildman–Crippen LogP) is 2.60. The number of aromatic nitrogens is 2. The molecule has 0 radical (unpaired) electrons. The van der Waals surface area contributed by atoms with E-state index in [1.807, 2.05) is 20.0 Å². The van der Waals surface area contributed by atoms with E-state index >= 15 is 0 Å². The molecule has 0 saturated carbocycles. The van der Waals surface area contributed by atoms with Gasteiger partial charge in [-0.3, -0.25) is 21.2 Å². The Hall–Kier alpha value is -1.30. The van der Waals surface area contributed by atoms with Crippen molar-refractivity contribution in [2.75, 3.05) is 0 Å². The number of rotatable bonds is 4. The summed E-state index contributed by atoms with van der Waals surface area (Å²) in [7, 11) is 0. The number of nitrogens with two attached hydrogens (primary N) is 1. The number of hydrazine groups is 1. The van der Waals surface area contributed by atoms with Gasteiger partial charge in [0.25, 0.3) is 0 Å². The first-order valence-corrected chi connectivity index (χ1v) is 6.88. The number of hydrogen-bond acceptors (Lipinski definition) is 4. The first-order valence-electron chi connectivity index (χ1n) is 6.09. The van der Waals surface area contributed by atoms with Crippen LogP contribution in [-0.2, 0) is 6.42 Å². The molecule has 0 saturated heterocycles. The lowest BCUT2D eigenvalue weighted by molar-refractivity contribution is 0.549. The van der Waals surface area contributed by atoms with Crippen molar-refractivity contribution < 1.29 is 0 Å². The van der Waals surface area contributed by atoms with Crippen LogP contribution in [0.25, 0.3) is 0 Å². The van der Waals surface area contributed by atoms with Crippen molar-refractivity contribution in [3.63, 3.8) is 0 Å². The maximum atomic E-state index is 5.69. The molecular formula is C14H17BrN4. The lowest BCUT2D eigenvalue weighted by atomic mass is 10.00. The van der Waals surface area contributed by atoms with Gasteiger partial charge in [-0.1, -0.05) is 0 Å². The molecule has 0 aliphatic heterocycles. The molecule has 2 rings (SSSR count). The van der Waals surface area contributed by atoms with E-state index in [0.29, 0.717) is 0 Å². The Labute approximate surface area is 121 Å². The van der Waals surface area contributed by atoms with Crippen LogP contribution in [0, 0.1) is 13.8 Å². The number of hydrogen-bond donors (Lipinski definition) is 2. The molecule has 1 atom stereocenters. The fourth-order valence-corrected chi connectivity index (χ4v) is 2.56. The molecule has 0 fully saturated rings. The fraction of sp³-hybridized carbons (Fsp3) is 0.286.